The van der Waals surface area contributed by atoms with Crippen LogP contribution in [0, 0.1) is 0 Å². The predicted octanol–water partition coefficient (Wildman–Crippen LogP) is 2.41. The third kappa shape index (κ3) is 7.73. The van der Waals surface area contributed by atoms with Crippen molar-refractivity contribution in [2.24, 2.45) is 10.7 Å². The fraction of sp³-hybridized carbons (Fsp3) is 0.263. The number of anilines is 1. The van der Waals surface area contributed by atoms with Gasteiger partial charge < -0.3 is 25.8 Å². The standard InChI is InChI=1S/C19H24N4O3.HI/c1-25-16-9-8-15(12-17(16)26-2)23-19(20)22-13-18(24)21-11-10-14-6-4-3-5-7-14;/h3-9,12H,10-11,13H2,1-2H3,(H,21,24)(H3,20,22,23);1H. The normalized spacial score (nSPS) is 10.5. The fourth-order valence-corrected chi connectivity index (χ4v) is 2.31. The van der Waals surface area contributed by atoms with Gasteiger partial charge in [0.05, 0.1) is 14.2 Å². The minimum atomic E-state index is -0.182. The van der Waals surface area contributed by atoms with Crippen LogP contribution in [0.25, 0.3) is 0 Å². The van der Waals surface area contributed by atoms with Gasteiger partial charge >= 0.3 is 0 Å². The number of aliphatic imine (C=N–C) groups is 1. The fourth-order valence-electron chi connectivity index (χ4n) is 2.31. The predicted molar refractivity (Wildman–Crippen MR) is 118 cm³/mol. The summed E-state index contributed by atoms with van der Waals surface area (Å²) in [5.74, 6) is 1.16. The number of carbonyl (C=O) groups is 1. The number of nitrogens with zero attached hydrogens (tertiary/aromatic N) is 1. The van der Waals surface area contributed by atoms with Crippen LogP contribution in [0.5, 0.6) is 11.5 Å². The second kappa shape index (κ2) is 12.0. The highest BCUT2D eigenvalue weighted by atomic mass is 127. The molecular formula is C19H25IN4O3. The molecule has 2 aromatic rings. The van der Waals surface area contributed by atoms with E-state index in [2.05, 4.69) is 15.6 Å². The van der Waals surface area contributed by atoms with E-state index in [1.165, 1.54) is 5.56 Å². The summed E-state index contributed by atoms with van der Waals surface area (Å²) in [4.78, 5) is 15.9. The highest BCUT2D eigenvalue weighted by Gasteiger charge is 2.05. The van der Waals surface area contributed by atoms with Crippen molar-refractivity contribution in [2.45, 2.75) is 6.42 Å². The number of ether oxygens (including phenoxy) is 2. The van der Waals surface area contributed by atoms with Crippen LogP contribution in [0.2, 0.25) is 0 Å². The smallest absolute Gasteiger partial charge is 0.241 e. The van der Waals surface area contributed by atoms with Crippen molar-refractivity contribution in [3.05, 3.63) is 54.1 Å². The average molecular weight is 484 g/mol. The lowest BCUT2D eigenvalue weighted by Gasteiger charge is -2.11. The van der Waals surface area contributed by atoms with Crippen LogP contribution in [0.4, 0.5) is 5.69 Å². The van der Waals surface area contributed by atoms with E-state index in [0.717, 1.165) is 6.42 Å². The Hall–Kier alpha value is -2.49. The molecule has 8 heteroatoms. The van der Waals surface area contributed by atoms with Crippen molar-refractivity contribution in [3.8, 4) is 11.5 Å². The zero-order chi connectivity index (χ0) is 18.8. The lowest BCUT2D eigenvalue weighted by Crippen LogP contribution is -2.30. The summed E-state index contributed by atoms with van der Waals surface area (Å²) in [6, 6.07) is 15.2. The molecule has 0 aliphatic carbocycles. The highest BCUT2D eigenvalue weighted by molar-refractivity contribution is 14.0. The second-order valence-corrected chi connectivity index (χ2v) is 5.48. The van der Waals surface area contributed by atoms with E-state index in [-0.39, 0.29) is 42.4 Å². The Morgan fingerprint density at radius 2 is 1.78 bits per heavy atom. The van der Waals surface area contributed by atoms with Gasteiger partial charge in [-0.25, -0.2) is 4.99 Å². The average Bonchev–Trinajstić information content (AvgIpc) is 2.67. The van der Waals surface area contributed by atoms with Crippen LogP contribution in [-0.2, 0) is 11.2 Å². The molecular weight excluding hydrogens is 459 g/mol. The number of benzene rings is 2. The molecule has 0 spiro atoms. The maximum absolute atomic E-state index is 11.8. The van der Waals surface area contributed by atoms with Crippen LogP contribution >= 0.6 is 24.0 Å². The quantitative estimate of drug-likeness (QED) is 0.304. The minimum absolute atomic E-state index is 0. The number of methoxy groups -OCH3 is 2. The third-order valence-corrected chi connectivity index (χ3v) is 3.63. The highest BCUT2D eigenvalue weighted by Crippen LogP contribution is 2.29. The Balaban J connectivity index is 0.00000364. The van der Waals surface area contributed by atoms with Gasteiger partial charge in [-0.1, -0.05) is 30.3 Å². The molecule has 0 aromatic heterocycles. The molecule has 0 saturated carbocycles. The molecule has 0 atom stereocenters. The van der Waals surface area contributed by atoms with Crippen molar-refractivity contribution in [3.63, 3.8) is 0 Å². The van der Waals surface area contributed by atoms with Gasteiger partial charge in [0.15, 0.2) is 17.5 Å². The SMILES string of the molecule is COc1ccc(NC(N)=NCC(=O)NCCc2ccccc2)cc1OC.I. The number of carbonyl (C=O) groups excluding carboxylic acids is 1. The molecule has 4 N–H and O–H groups in total. The van der Waals surface area contributed by atoms with Gasteiger partial charge in [0, 0.05) is 18.3 Å². The van der Waals surface area contributed by atoms with E-state index in [9.17, 15) is 4.79 Å². The summed E-state index contributed by atoms with van der Waals surface area (Å²) < 4.78 is 10.4. The molecule has 0 radical (unpaired) electrons. The van der Waals surface area contributed by atoms with Gasteiger partial charge in [-0.3, -0.25) is 4.79 Å². The molecule has 0 saturated heterocycles. The molecule has 0 fully saturated rings. The molecule has 0 unspecified atom stereocenters. The Bertz CT molecular complexity index is 754. The van der Waals surface area contributed by atoms with Gasteiger partial charge in [-0.15, -0.1) is 24.0 Å². The zero-order valence-corrected chi connectivity index (χ0v) is 17.7. The van der Waals surface area contributed by atoms with Crippen molar-refractivity contribution < 1.29 is 14.3 Å². The van der Waals surface area contributed by atoms with Gasteiger partial charge in [0.1, 0.15) is 6.54 Å². The van der Waals surface area contributed by atoms with Crippen LogP contribution < -0.4 is 25.8 Å². The number of rotatable bonds is 8. The molecule has 1 amide bonds. The number of nitrogens with two attached hydrogens (primary N) is 1. The van der Waals surface area contributed by atoms with Crippen LogP contribution in [0.1, 0.15) is 5.56 Å². The first-order valence-electron chi connectivity index (χ1n) is 8.22. The number of halogens is 1. The Morgan fingerprint density at radius 3 is 2.44 bits per heavy atom. The largest absolute Gasteiger partial charge is 0.493 e. The van der Waals surface area contributed by atoms with Crippen molar-refractivity contribution in [1.29, 1.82) is 0 Å². The summed E-state index contributed by atoms with van der Waals surface area (Å²) in [6.45, 7) is 0.516. The van der Waals surface area contributed by atoms with Gasteiger partial charge in [0.25, 0.3) is 0 Å². The second-order valence-electron chi connectivity index (χ2n) is 5.48. The molecule has 0 aliphatic rings. The molecule has 2 rings (SSSR count). The summed E-state index contributed by atoms with van der Waals surface area (Å²) in [5, 5.41) is 5.74. The first kappa shape index (κ1) is 22.6. The molecule has 146 valence electrons. The van der Waals surface area contributed by atoms with Crippen LogP contribution in [0.15, 0.2) is 53.5 Å². The van der Waals surface area contributed by atoms with Crippen molar-refractivity contribution in [1.82, 2.24) is 5.32 Å². The van der Waals surface area contributed by atoms with Crippen molar-refractivity contribution >= 4 is 41.5 Å². The van der Waals surface area contributed by atoms with Gasteiger partial charge in [0.2, 0.25) is 5.91 Å². The van der Waals surface area contributed by atoms with Crippen LogP contribution in [-0.4, -0.2) is 39.2 Å². The van der Waals surface area contributed by atoms with E-state index in [0.29, 0.717) is 23.7 Å². The molecule has 2 aromatic carbocycles. The maximum atomic E-state index is 11.8. The Labute approximate surface area is 176 Å². The number of guanidine groups is 1. The summed E-state index contributed by atoms with van der Waals surface area (Å²) in [5.41, 5.74) is 7.68. The molecule has 0 bridgehead atoms. The number of hydrogen-bond donors (Lipinski definition) is 3. The van der Waals surface area contributed by atoms with E-state index in [1.807, 2.05) is 30.3 Å². The topological polar surface area (TPSA) is 98.0 Å². The Morgan fingerprint density at radius 1 is 1.07 bits per heavy atom. The molecule has 27 heavy (non-hydrogen) atoms. The monoisotopic (exact) mass is 484 g/mol. The summed E-state index contributed by atoms with van der Waals surface area (Å²) in [6.07, 6.45) is 0.773. The lowest BCUT2D eigenvalue weighted by atomic mass is 10.1. The molecule has 0 aliphatic heterocycles. The first-order valence-corrected chi connectivity index (χ1v) is 8.22. The minimum Gasteiger partial charge on any atom is -0.493 e. The van der Waals surface area contributed by atoms with Crippen molar-refractivity contribution in [2.75, 3.05) is 32.6 Å². The van der Waals surface area contributed by atoms with Gasteiger partial charge in [-0.05, 0) is 24.1 Å². The molecule has 7 nitrogen and oxygen atoms in total. The van der Waals surface area contributed by atoms with E-state index in [4.69, 9.17) is 15.2 Å². The number of hydrogen-bond acceptors (Lipinski definition) is 4. The molecule has 0 heterocycles. The Kier molecular flexibility index (Phi) is 10.0. The zero-order valence-electron chi connectivity index (χ0n) is 15.4. The number of nitrogens with one attached hydrogen (secondary N) is 2. The van der Waals surface area contributed by atoms with Gasteiger partial charge in [-0.2, -0.15) is 0 Å². The lowest BCUT2D eigenvalue weighted by molar-refractivity contribution is -0.119. The summed E-state index contributed by atoms with van der Waals surface area (Å²) >= 11 is 0. The van der Waals surface area contributed by atoms with E-state index < -0.39 is 0 Å². The first-order chi connectivity index (χ1) is 12.6. The van der Waals surface area contributed by atoms with Crippen LogP contribution in [0.3, 0.4) is 0 Å². The number of amides is 1. The summed E-state index contributed by atoms with van der Waals surface area (Å²) in [7, 11) is 3.12. The third-order valence-electron chi connectivity index (χ3n) is 3.63. The maximum Gasteiger partial charge on any atom is 0.241 e. The van der Waals surface area contributed by atoms with E-state index >= 15 is 0 Å². The van der Waals surface area contributed by atoms with E-state index in [1.54, 1.807) is 32.4 Å².